The van der Waals surface area contributed by atoms with Crippen LogP contribution >= 0.6 is 0 Å². The Morgan fingerprint density at radius 3 is 2.41 bits per heavy atom. The molecule has 4 amide bonds. The van der Waals surface area contributed by atoms with Crippen LogP contribution in [0.4, 0.5) is 10.5 Å². The Morgan fingerprint density at radius 2 is 1.73 bits per heavy atom. The second kappa shape index (κ2) is 11.3. The number of hydrogen-bond donors (Lipinski definition) is 2. The molecule has 1 aliphatic rings. The quantitative estimate of drug-likeness (QED) is 0.250. The van der Waals surface area contributed by atoms with Gasteiger partial charge in [-0.3, -0.25) is 14.9 Å². The first-order valence-corrected chi connectivity index (χ1v) is 11.7. The summed E-state index contributed by atoms with van der Waals surface area (Å²) in [6.07, 6.45) is 3.59. The standard InChI is InChI=1S/C29H26N2O6/c1-3-8-21-15-20(17-25(36-4-2)26(21)37-18-19-9-6-5-7-10-19)16-24-27(33)30-29(35)31(28(24)34)22-11-13-23(32)14-12-22/h3,5-7,9-17,32H,1,4,8,18H2,2H3,(H,30,33,35). The van der Waals surface area contributed by atoms with Gasteiger partial charge in [-0.1, -0.05) is 36.4 Å². The van der Waals surface area contributed by atoms with Gasteiger partial charge in [-0.05, 0) is 66.9 Å². The van der Waals surface area contributed by atoms with E-state index in [1.807, 2.05) is 37.3 Å². The van der Waals surface area contributed by atoms with E-state index in [0.29, 0.717) is 36.7 Å². The SMILES string of the molecule is C=CCc1cc(C=C2C(=O)NC(=O)N(c3ccc(O)cc3)C2=O)cc(OCC)c1OCc1ccccc1. The highest BCUT2D eigenvalue weighted by Crippen LogP contribution is 2.36. The number of imide groups is 2. The number of ether oxygens (including phenoxy) is 2. The second-order valence-electron chi connectivity index (χ2n) is 8.18. The molecule has 0 spiro atoms. The van der Waals surface area contributed by atoms with E-state index >= 15 is 0 Å². The molecule has 37 heavy (non-hydrogen) atoms. The Hall–Kier alpha value is -4.85. The molecular weight excluding hydrogens is 472 g/mol. The first-order valence-electron chi connectivity index (χ1n) is 11.7. The van der Waals surface area contributed by atoms with Gasteiger partial charge in [-0.2, -0.15) is 0 Å². The second-order valence-corrected chi connectivity index (χ2v) is 8.18. The molecule has 8 heteroatoms. The van der Waals surface area contributed by atoms with Crippen molar-refractivity contribution in [2.75, 3.05) is 11.5 Å². The summed E-state index contributed by atoms with van der Waals surface area (Å²) in [5.74, 6) is -0.606. The van der Waals surface area contributed by atoms with Gasteiger partial charge in [0.25, 0.3) is 11.8 Å². The maximum Gasteiger partial charge on any atom is 0.335 e. The van der Waals surface area contributed by atoms with E-state index in [0.717, 1.165) is 16.0 Å². The topological polar surface area (TPSA) is 105 Å². The average Bonchev–Trinajstić information content (AvgIpc) is 2.88. The number of anilines is 1. The van der Waals surface area contributed by atoms with Gasteiger partial charge in [0.05, 0.1) is 12.3 Å². The number of nitrogens with zero attached hydrogens (tertiary/aromatic N) is 1. The number of nitrogens with one attached hydrogen (secondary N) is 1. The lowest BCUT2D eigenvalue weighted by atomic mass is 10.0. The van der Waals surface area contributed by atoms with Crippen molar-refractivity contribution in [2.24, 2.45) is 0 Å². The van der Waals surface area contributed by atoms with Gasteiger partial charge in [0, 0.05) is 5.56 Å². The third-order valence-electron chi connectivity index (χ3n) is 5.56. The van der Waals surface area contributed by atoms with E-state index in [1.165, 1.54) is 30.3 Å². The zero-order chi connectivity index (χ0) is 26.4. The Kier molecular flexibility index (Phi) is 7.68. The lowest BCUT2D eigenvalue weighted by Gasteiger charge is -2.26. The Morgan fingerprint density at radius 1 is 1.00 bits per heavy atom. The molecule has 0 aliphatic carbocycles. The summed E-state index contributed by atoms with van der Waals surface area (Å²) in [6.45, 7) is 6.37. The van der Waals surface area contributed by atoms with E-state index in [4.69, 9.17) is 9.47 Å². The van der Waals surface area contributed by atoms with Gasteiger partial charge in [0.2, 0.25) is 0 Å². The van der Waals surface area contributed by atoms with Crippen LogP contribution in [0.25, 0.3) is 6.08 Å². The number of urea groups is 1. The van der Waals surface area contributed by atoms with Crippen LogP contribution < -0.4 is 19.7 Å². The monoisotopic (exact) mass is 498 g/mol. The minimum Gasteiger partial charge on any atom is -0.508 e. The average molecular weight is 499 g/mol. The van der Waals surface area contributed by atoms with Crippen molar-refractivity contribution in [3.05, 3.63) is 102 Å². The molecule has 0 saturated carbocycles. The van der Waals surface area contributed by atoms with Crippen molar-refractivity contribution >= 4 is 29.6 Å². The zero-order valence-corrected chi connectivity index (χ0v) is 20.3. The summed E-state index contributed by atoms with van der Waals surface area (Å²) in [4.78, 5) is 39.2. The molecule has 3 aromatic carbocycles. The smallest absolute Gasteiger partial charge is 0.335 e. The van der Waals surface area contributed by atoms with Crippen molar-refractivity contribution in [1.29, 1.82) is 0 Å². The van der Waals surface area contributed by atoms with Crippen LogP contribution in [0, 0.1) is 0 Å². The Balaban J connectivity index is 1.72. The summed E-state index contributed by atoms with van der Waals surface area (Å²) in [7, 11) is 0. The molecule has 1 heterocycles. The third kappa shape index (κ3) is 5.70. The van der Waals surface area contributed by atoms with E-state index in [1.54, 1.807) is 18.2 Å². The summed E-state index contributed by atoms with van der Waals surface area (Å²) < 4.78 is 12.0. The van der Waals surface area contributed by atoms with Gasteiger partial charge in [0.1, 0.15) is 17.9 Å². The molecule has 1 aliphatic heterocycles. The van der Waals surface area contributed by atoms with Crippen LogP contribution in [0.2, 0.25) is 0 Å². The van der Waals surface area contributed by atoms with E-state index in [2.05, 4.69) is 11.9 Å². The molecule has 4 rings (SSSR count). The molecule has 0 aromatic heterocycles. The third-order valence-corrected chi connectivity index (χ3v) is 5.56. The molecular formula is C29H26N2O6. The minimum absolute atomic E-state index is 0.0202. The number of phenols is 1. The van der Waals surface area contributed by atoms with Gasteiger partial charge in [0.15, 0.2) is 11.5 Å². The van der Waals surface area contributed by atoms with Gasteiger partial charge in [-0.25, -0.2) is 9.69 Å². The Bertz CT molecular complexity index is 1360. The first-order chi connectivity index (χ1) is 17.9. The first kappa shape index (κ1) is 25.2. The predicted octanol–water partition coefficient (Wildman–Crippen LogP) is 4.76. The Labute approximate surface area is 214 Å². The molecule has 0 atom stereocenters. The molecule has 1 saturated heterocycles. The summed E-state index contributed by atoms with van der Waals surface area (Å²) in [6, 6.07) is 17.8. The van der Waals surface area contributed by atoms with Crippen molar-refractivity contribution < 1.29 is 29.0 Å². The lowest BCUT2D eigenvalue weighted by Crippen LogP contribution is -2.54. The largest absolute Gasteiger partial charge is 0.508 e. The van der Waals surface area contributed by atoms with Crippen LogP contribution in [0.5, 0.6) is 17.2 Å². The molecule has 2 N–H and O–H groups in total. The number of phenolic OH excluding ortho intramolecular Hbond substituents is 1. The molecule has 0 radical (unpaired) electrons. The van der Waals surface area contributed by atoms with Crippen molar-refractivity contribution in [1.82, 2.24) is 5.32 Å². The van der Waals surface area contributed by atoms with Crippen molar-refractivity contribution in [2.45, 2.75) is 20.0 Å². The summed E-state index contributed by atoms with van der Waals surface area (Å²) in [5.41, 5.74) is 2.26. The molecule has 3 aromatic rings. The predicted molar refractivity (Wildman–Crippen MR) is 139 cm³/mol. The van der Waals surface area contributed by atoms with Crippen LogP contribution in [0.15, 0.2) is 85.0 Å². The van der Waals surface area contributed by atoms with Crippen LogP contribution in [0.1, 0.15) is 23.6 Å². The van der Waals surface area contributed by atoms with Crippen molar-refractivity contribution in [3.63, 3.8) is 0 Å². The number of amides is 4. The zero-order valence-electron chi connectivity index (χ0n) is 20.3. The summed E-state index contributed by atoms with van der Waals surface area (Å²) >= 11 is 0. The van der Waals surface area contributed by atoms with E-state index in [9.17, 15) is 19.5 Å². The normalized spacial score (nSPS) is 14.5. The maximum atomic E-state index is 13.2. The number of carbonyl (C=O) groups is 3. The number of allylic oxidation sites excluding steroid dienone is 1. The molecule has 1 fully saturated rings. The molecule has 0 bridgehead atoms. The number of benzene rings is 3. The molecule has 188 valence electrons. The number of barbiturate groups is 1. The minimum atomic E-state index is -0.871. The highest BCUT2D eigenvalue weighted by atomic mass is 16.5. The summed E-state index contributed by atoms with van der Waals surface area (Å²) in [5, 5.41) is 11.7. The lowest BCUT2D eigenvalue weighted by molar-refractivity contribution is -0.122. The van der Waals surface area contributed by atoms with Gasteiger partial charge < -0.3 is 14.6 Å². The number of rotatable bonds is 9. The highest BCUT2D eigenvalue weighted by molar-refractivity contribution is 6.39. The van der Waals surface area contributed by atoms with Gasteiger partial charge >= 0.3 is 6.03 Å². The number of carbonyl (C=O) groups excluding carboxylic acids is 3. The van der Waals surface area contributed by atoms with Crippen LogP contribution in [-0.4, -0.2) is 29.6 Å². The maximum absolute atomic E-state index is 13.2. The van der Waals surface area contributed by atoms with Crippen LogP contribution in [-0.2, 0) is 22.6 Å². The fourth-order valence-corrected chi connectivity index (χ4v) is 3.89. The molecule has 8 nitrogen and oxygen atoms in total. The molecule has 0 unspecified atom stereocenters. The van der Waals surface area contributed by atoms with Crippen molar-refractivity contribution in [3.8, 4) is 17.2 Å². The van der Waals surface area contributed by atoms with Gasteiger partial charge in [-0.15, -0.1) is 6.58 Å². The fourth-order valence-electron chi connectivity index (χ4n) is 3.89. The number of aromatic hydroxyl groups is 1. The van der Waals surface area contributed by atoms with E-state index in [-0.39, 0.29) is 17.0 Å². The fraction of sp³-hybridized carbons (Fsp3) is 0.138. The van der Waals surface area contributed by atoms with E-state index < -0.39 is 17.8 Å². The highest BCUT2D eigenvalue weighted by Gasteiger charge is 2.36. The number of hydrogen-bond acceptors (Lipinski definition) is 6. The van der Waals surface area contributed by atoms with Crippen LogP contribution in [0.3, 0.4) is 0 Å².